The molecule has 0 saturated carbocycles. The van der Waals surface area contributed by atoms with Gasteiger partial charge in [0.15, 0.2) is 0 Å². The van der Waals surface area contributed by atoms with Crippen molar-refractivity contribution in [1.82, 2.24) is 0 Å². The van der Waals surface area contributed by atoms with Crippen LogP contribution in [0, 0.1) is 0 Å². The largest absolute Gasteiger partial charge is 0.481 e. The highest BCUT2D eigenvalue weighted by Crippen LogP contribution is 2.27. The van der Waals surface area contributed by atoms with Crippen LogP contribution in [0.2, 0.25) is 5.02 Å². The molecule has 2 N–H and O–H groups in total. The molecule has 1 heterocycles. The van der Waals surface area contributed by atoms with Crippen molar-refractivity contribution >= 4 is 23.5 Å². The first-order valence-electron chi connectivity index (χ1n) is 5.78. The van der Waals surface area contributed by atoms with Gasteiger partial charge < -0.3 is 14.6 Å². The number of carboxylic acids is 2. The summed E-state index contributed by atoms with van der Waals surface area (Å²) >= 11 is 6.00. The van der Waals surface area contributed by atoms with Gasteiger partial charge in [-0.15, -0.1) is 0 Å². The number of benzene rings is 1. The molecule has 20 heavy (non-hydrogen) atoms. The van der Waals surface area contributed by atoms with Gasteiger partial charge in [-0.25, -0.2) is 4.79 Å². The molecule has 1 atom stereocenters. The van der Waals surface area contributed by atoms with Crippen LogP contribution in [0.25, 0.3) is 0 Å². The monoisotopic (exact) mass is 294 g/mol. The first-order chi connectivity index (χ1) is 9.49. The SMILES string of the molecule is O=C(O)c1ccc(C(Cc2ccccc2Cl)C(=O)O)o1. The molecule has 0 radical (unpaired) electrons. The fourth-order valence-corrected chi connectivity index (χ4v) is 2.06. The van der Waals surface area contributed by atoms with Gasteiger partial charge >= 0.3 is 11.9 Å². The molecule has 1 aromatic heterocycles. The van der Waals surface area contributed by atoms with Crippen molar-refractivity contribution in [2.45, 2.75) is 12.3 Å². The molecule has 2 rings (SSSR count). The second kappa shape index (κ2) is 5.79. The van der Waals surface area contributed by atoms with Crippen LogP contribution in [-0.4, -0.2) is 22.2 Å². The summed E-state index contributed by atoms with van der Waals surface area (Å²) in [5, 5.41) is 18.5. The maximum atomic E-state index is 11.3. The highest BCUT2D eigenvalue weighted by Gasteiger charge is 2.25. The molecule has 104 valence electrons. The van der Waals surface area contributed by atoms with Crippen molar-refractivity contribution in [3.05, 3.63) is 58.5 Å². The van der Waals surface area contributed by atoms with E-state index in [-0.39, 0.29) is 17.9 Å². The molecule has 0 saturated heterocycles. The molecule has 0 aliphatic rings. The van der Waals surface area contributed by atoms with E-state index in [1.807, 2.05) is 0 Å². The lowest BCUT2D eigenvalue weighted by molar-refractivity contribution is -0.139. The third-order valence-electron chi connectivity index (χ3n) is 2.86. The third-order valence-corrected chi connectivity index (χ3v) is 3.23. The van der Waals surface area contributed by atoms with Gasteiger partial charge in [-0.1, -0.05) is 29.8 Å². The van der Waals surface area contributed by atoms with E-state index in [2.05, 4.69) is 0 Å². The molecular formula is C14H11ClO5. The Bertz CT molecular complexity index is 647. The fraction of sp³-hybridized carbons (Fsp3) is 0.143. The Kier molecular flexibility index (Phi) is 4.10. The highest BCUT2D eigenvalue weighted by molar-refractivity contribution is 6.31. The number of aromatic carboxylic acids is 1. The molecule has 2 aromatic rings. The maximum Gasteiger partial charge on any atom is 0.371 e. The number of hydrogen-bond donors (Lipinski definition) is 2. The Morgan fingerprint density at radius 3 is 2.40 bits per heavy atom. The summed E-state index contributed by atoms with van der Waals surface area (Å²) in [4.78, 5) is 22.1. The van der Waals surface area contributed by atoms with E-state index in [4.69, 9.17) is 21.1 Å². The second-order valence-corrected chi connectivity index (χ2v) is 4.60. The summed E-state index contributed by atoms with van der Waals surface area (Å²) in [6, 6.07) is 9.49. The van der Waals surface area contributed by atoms with Gasteiger partial charge in [-0.05, 0) is 30.2 Å². The van der Waals surface area contributed by atoms with E-state index in [0.29, 0.717) is 10.6 Å². The number of carbonyl (C=O) groups is 2. The molecule has 6 heteroatoms. The van der Waals surface area contributed by atoms with Gasteiger partial charge in [-0.2, -0.15) is 0 Å². The average molecular weight is 295 g/mol. The fourth-order valence-electron chi connectivity index (χ4n) is 1.85. The van der Waals surface area contributed by atoms with Crippen molar-refractivity contribution in [2.75, 3.05) is 0 Å². The Hall–Kier alpha value is -2.27. The van der Waals surface area contributed by atoms with Crippen molar-refractivity contribution in [2.24, 2.45) is 0 Å². The van der Waals surface area contributed by atoms with Crippen LogP contribution in [0.15, 0.2) is 40.8 Å². The lowest BCUT2D eigenvalue weighted by Crippen LogP contribution is -2.14. The van der Waals surface area contributed by atoms with Gasteiger partial charge in [0.05, 0.1) is 0 Å². The second-order valence-electron chi connectivity index (χ2n) is 4.19. The van der Waals surface area contributed by atoms with Crippen molar-refractivity contribution < 1.29 is 24.2 Å². The summed E-state index contributed by atoms with van der Waals surface area (Å²) in [7, 11) is 0. The predicted molar refractivity (Wildman–Crippen MR) is 71.2 cm³/mol. The topological polar surface area (TPSA) is 87.7 Å². The first-order valence-corrected chi connectivity index (χ1v) is 6.16. The van der Waals surface area contributed by atoms with E-state index in [1.165, 1.54) is 12.1 Å². The van der Waals surface area contributed by atoms with Crippen molar-refractivity contribution in [1.29, 1.82) is 0 Å². The van der Waals surface area contributed by atoms with Crippen LogP contribution >= 0.6 is 11.6 Å². The minimum absolute atomic E-state index is 0.0924. The Balaban J connectivity index is 2.30. The molecule has 1 unspecified atom stereocenters. The number of furan rings is 1. The predicted octanol–water partition coefficient (Wildman–Crippen LogP) is 3.04. The Morgan fingerprint density at radius 2 is 1.85 bits per heavy atom. The van der Waals surface area contributed by atoms with E-state index in [9.17, 15) is 14.7 Å². The van der Waals surface area contributed by atoms with E-state index in [1.54, 1.807) is 24.3 Å². The molecular weight excluding hydrogens is 284 g/mol. The summed E-state index contributed by atoms with van der Waals surface area (Å²) in [6.07, 6.45) is 0.127. The molecule has 0 spiro atoms. The zero-order valence-corrected chi connectivity index (χ0v) is 11.0. The smallest absolute Gasteiger partial charge is 0.371 e. The normalized spacial score (nSPS) is 12.1. The van der Waals surface area contributed by atoms with Crippen LogP contribution in [0.4, 0.5) is 0 Å². The lowest BCUT2D eigenvalue weighted by Gasteiger charge is -2.10. The number of hydrogen-bond acceptors (Lipinski definition) is 3. The zero-order valence-electron chi connectivity index (χ0n) is 10.2. The molecule has 1 aromatic carbocycles. The van der Waals surface area contributed by atoms with Crippen LogP contribution in [0.1, 0.15) is 27.8 Å². The molecule has 0 bridgehead atoms. The molecule has 0 amide bonds. The van der Waals surface area contributed by atoms with Gasteiger partial charge in [0.1, 0.15) is 11.7 Å². The number of carboxylic acid groups (broad SMARTS) is 2. The Labute approximate surface area is 119 Å². The number of aliphatic carboxylic acids is 1. The van der Waals surface area contributed by atoms with Crippen LogP contribution in [0.3, 0.4) is 0 Å². The number of rotatable bonds is 5. The minimum atomic E-state index is -1.24. The van der Waals surface area contributed by atoms with Gasteiger partial charge in [0.2, 0.25) is 5.76 Å². The minimum Gasteiger partial charge on any atom is -0.481 e. The molecule has 5 nitrogen and oxygen atoms in total. The third kappa shape index (κ3) is 3.00. The number of halogens is 1. The van der Waals surface area contributed by atoms with E-state index >= 15 is 0 Å². The maximum absolute atomic E-state index is 11.3. The van der Waals surface area contributed by atoms with Crippen LogP contribution in [0.5, 0.6) is 0 Å². The van der Waals surface area contributed by atoms with Gasteiger partial charge in [0.25, 0.3) is 0 Å². The van der Waals surface area contributed by atoms with Gasteiger partial charge in [-0.3, -0.25) is 4.79 Å². The Morgan fingerprint density at radius 1 is 1.15 bits per heavy atom. The first kappa shape index (κ1) is 14.1. The molecule has 0 aliphatic heterocycles. The van der Waals surface area contributed by atoms with Gasteiger partial charge in [0, 0.05) is 5.02 Å². The summed E-state index contributed by atoms with van der Waals surface area (Å²) in [5.74, 6) is -3.52. The lowest BCUT2D eigenvalue weighted by atomic mass is 9.97. The van der Waals surface area contributed by atoms with Crippen molar-refractivity contribution in [3.63, 3.8) is 0 Å². The zero-order chi connectivity index (χ0) is 14.7. The average Bonchev–Trinajstić information content (AvgIpc) is 2.87. The van der Waals surface area contributed by atoms with Crippen molar-refractivity contribution in [3.8, 4) is 0 Å². The van der Waals surface area contributed by atoms with Crippen LogP contribution in [-0.2, 0) is 11.2 Å². The summed E-state index contributed by atoms with van der Waals surface area (Å²) in [6.45, 7) is 0. The molecule has 0 aliphatic carbocycles. The van der Waals surface area contributed by atoms with Crippen LogP contribution < -0.4 is 0 Å². The molecule has 0 fully saturated rings. The highest BCUT2D eigenvalue weighted by atomic mass is 35.5. The summed E-state index contributed by atoms with van der Waals surface area (Å²) < 4.78 is 5.06. The van der Waals surface area contributed by atoms with E-state index in [0.717, 1.165) is 0 Å². The quantitative estimate of drug-likeness (QED) is 0.885. The van der Waals surface area contributed by atoms with E-state index < -0.39 is 17.9 Å². The standard InChI is InChI=1S/C14H11ClO5/c15-10-4-2-1-3-8(10)7-9(13(16)17)11-5-6-12(20-11)14(18)19/h1-6,9H,7H2,(H,16,17)(H,18,19). The summed E-state index contributed by atoms with van der Waals surface area (Å²) in [5.41, 5.74) is 0.662.